The van der Waals surface area contributed by atoms with Gasteiger partial charge in [-0.2, -0.15) is 4.98 Å². The van der Waals surface area contributed by atoms with Crippen molar-refractivity contribution < 1.29 is 9.90 Å². The van der Waals surface area contributed by atoms with Crippen molar-refractivity contribution in [1.82, 2.24) is 20.2 Å². The highest BCUT2D eigenvalue weighted by molar-refractivity contribution is 5.76. The minimum atomic E-state index is -0.0780. The van der Waals surface area contributed by atoms with Gasteiger partial charge in [-0.05, 0) is 151 Å². The van der Waals surface area contributed by atoms with E-state index in [1.165, 1.54) is 45.4 Å². The van der Waals surface area contributed by atoms with Crippen LogP contribution in [0.15, 0.2) is 94.2 Å². The Balaban J connectivity index is 1.63. The first-order valence-corrected chi connectivity index (χ1v) is 23.1. The molecular weight excluding hydrogens is 753 g/mol. The Hall–Kier alpha value is -4.27. The van der Waals surface area contributed by atoms with E-state index in [1.54, 1.807) is 0 Å². The lowest BCUT2D eigenvalue weighted by Crippen LogP contribution is -2.32. The number of nitrogen functional groups attached to an aromatic ring is 1. The van der Waals surface area contributed by atoms with Crippen LogP contribution in [0, 0.1) is 6.92 Å². The highest BCUT2D eigenvalue weighted by Crippen LogP contribution is 2.23. The highest BCUT2D eigenvalue weighted by Gasteiger charge is 2.15. The molecule has 0 unspecified atom stereocenters. The minimum Gasteiger partial charge on any atom is -0.394 e. The van der Waals surface area contributed by atoms with E-state index in [4.69, 9.17) is 5.73 Å². The van der Waals surface area contributed by atoms with Crippen LogP contribution < -0.4 is 16.4 Å². The van der Waals surface area contributed by atoms with E-state index in [9.17, 15) is 9.90 Å². The number of carbonyl (C=O) groups excluding carboxylic acids is 1. The summed E-state index contributed by atoms with van der Waals surface area (Å²) in [7, 11) is 2.08. The lowest BCUT2D eigenvalue weighted by Gasteiger charge is -2.20. The van der Waals surface area contributed by atoms with Gasteiger partial charge < -0.3 is 26.4 Å². The molecule has 0 aliphatic heterocycles. The Kier molecular flexibility index (Phi) is 26.6. The summed E-state index contributed by atoms with van der Waals surface area (Å²) in [6.45, 7) is 21.8. The quantitative estimate of drug-likeness (QED) is 0.0457. The van der Waals surface area contributed by atoms with Gasteiger partial charge in [0, 0.05) is 43.7 Å². The van der Waals surface area contributed by atoms with Crippen LogP contribution in [0.5, 0.6) is 0 Å². The maximum absolute atomic E-state index is 12.6. The fourth-order valence-corrected chi connectivity index (χ4v) is 7.24. The second-order valence-corrected chi connectivity index (χ2v) is 17.7. The zero-order valence-corrected chi connectivity index (χ0v) is 40.1. The summed E-state index contributed by atoms with van der Waals surface area (Å²) in [4.78, 5) is 23.7. The molecule has 338 valence electrons. The van der Waals surface area contributed by atoms with Crippen molar-refractivity contribution >= 4 is 17.7 Å². The summed E-state index contributed by atoms with van der Waals surface area (Å²) in [5, 5.41) is 16.3. The number of likely N-dealkylation sites (N-methyl/N-ethyl adjacent to an activating group) is 1. The molecule has 8 nitrogen and oxygen atoms in total. The van der Waals surface area contributed by atoms with E-state index in [-0.39, 0.29) is 24.5 Å². The number of carbonyl (C=O) groups is 1. The van der Waals surface area contributed by atoms with Gasteiger partial charge in [-0.25, -0.2) is 4.98 Å². The number of nitrogens with zero attached hydrogens (tertiary/aromatic N) is 3. The van der Waals surface area contributed by atoms with Crippen LogP contribution in [0.2, 0.25) is 0 Å². The molecule has 0 spiro atoms. The van der Waals surface area contributed by atoms with Crippen molar-refractivity contribution in [2.24, 2.45) is 0 Å². The number of allylic oxidation sites excluding steroid dienone is 12. The Labute approximate surface area is 372 Å². The van der Waals surface area contributed by atoms with Crippen LogP contribution in [0.4, 0.5) is 11.8 Å². The molecule has 8 heteroatoms. The SMILES string of the molecule is CCC[C@@H](CO)Nc1nc(N)nc(C)c1Cc1ccc(CN(C)CCNC(=O)CC/C(C)=C/CC/C(C)=C/CC/C(C)=C/CC/C=C(\C)CC/C=C(\C)CCC=C(C)C)cc1. The Bertz CT molecular complexity index is 1780. The van der Waals surface area contributed by atoms with Crippen molar-refractivity contribution in [3.05, 3.63) is 117 Å². The monoisotopic (exact) mass is 837 g/mol. The number of anilines is 2. The summed E-state index contributed by atoms with van der Waals surface area (Å²) in [5.41, 5.74) is 18.8. The molecule has 1 atom stereocenters. The minimum absolute atomic E-state index is 0.0342. The normalized spacial score (nSPS) is 13.5. The molecule has 61 heavy (non-hydrogen) atoms. The second kappa shape index (κ2) is 30.7. The number of hydrogen-bond donors (Lipinski definition) is 4. The summed E-state index contributed by atoms with van der Waals surface area (Å²) in [5.74, 6) is 1.03. The van der Waals surface area contributed by atoms with E-state index in [0.29, 0.717) is 25.2 Å². The van der Waals surface area contributed by atoms with Crippen LogP contribution >= 0.6 is 0 Å². The van der Waals surface area contributed by atoms with Gasteiger partial charge in [-0.15, -0.1) is 0 Å². The fourth-order valence-electron chi connectivity index (χ4n) is 7.24. The van der Waals surface area contributed by atoms with Crippen molar-refractivity contribution in [3.8, 4) is 0 Å². The topological polar surface area (TPSA) is 116 Å². The lowest BCUT2D eigenvalue weighted by atomic mass is 10.0. The molecule has 1 heterocycles. The van der Waals surface area contributed by atoms with E-state index >= 15 is 0 Å². The van der Waals surface area contributed by atoms with Gasteiger partial charge in [0.25, 0.3) is 0 Å². The average molecular weight is 837 g/mol. The second-order valence-electron chi connectivity index (χ2n) is 17.7. The van der Waals surface area contributed by atoms with Crippen molar-refractivity contribution in [1.29, 1.82) is 0 Å². The smallest absolute Gasteiger partial charge is 0.222 e. The Morgan fingerprint density at radius 1 is 0.721 bits per heavy atom. The molecule has 1 amide bonds. The van der Waals surface area contributed by atoms with E-state index < -0.39 is 0 Å². The third-order valence-corrected chi connectivity index (χ3v) is 11.2. The van der Waals surface area contributed by atoms with Crippen LogP contribution in [-0.4, -0.2) is 58.7 Å². The predicted octanol–water partition coefficient (Wildman–Crippen LogP) is 12.5. The van der Waals surface area contributed by atoms with E-state index in [0.717, 1.165) is 107 Å². The van der Waals surface area contributed by atoms with Gasteiger partial charge in [0.1, 0.15) is 5.82 Å². The number of rotatable bonds is 30. The van der Waals surface area contributed by atoms with E-state index in [1.807, 2.05) is 6.92 Å². The molecule has 2 aromatic rings. The summed E-state index contributed by atoms with van der Waals surface area (Å²) >= 11 is 0. The third kappa shape index (κ3) is 24.7. The first kappa shape index (κ1) is 52.9. The molecule has 0 fully saturated rings. The van der Waals surface area contributed by atoms with Gasteiger partial charge in [-0.1, -0.05) is 108 Å². The summed E-state index contributed by atoms with van der Waals surface area (Å²) < 4.78 is 0. The number of aliphatic hydroxyl groups excluding tert-OH is 1. The maximum Gasteiger partial charge on any atom is 0.222 e. The zero-order valence-electron chi connectivity index (χ0n) is 40.1. The molecule has 0 saturated carbocycles. The average Bonchev–Trinajstić information content (AvgIpc) is 3.20. The number of aliphatic hydroxyl groups is 1. The number of benzene rings is 1. The first-order valence-electron chi connectivity index (χ1n) is 23.1. The van der Waals surface area contributed by atoms with Crippen LogP contribution in [0.25, 0.3) is 0 Å². The molecule has 2 rings (SSSR count). The number of unbranched alkanes of at least 4 members (excludes halogenated alkanes) is 1. The standard InChI is InChI=1S/C53H84N6O2/c1-11-18-49(39-60)57-52-50(46(9)56-53(54)58-52)37-47-30-32-48(33-31-47)38-59(10)36-35-55-51(61)34-29-45(8)28-17-27-44(7)26-16-24-42(5)21-13-12-20-41(4)23-15-25-43(6)22-14-19-40(2)3/h19-21,25-26,28,30-33,49,60H,11-18,22-24,27,29,34-39H2,1-10H3,(H,55,61)(H3,54,56,57,58)/b41-20+,42-21+,43-25+,44-26+,45-28+/t49-/m0/s1. The van der Waals surface area contributed by atoms with Gasteiger partial charge in [-0.3, -0.25) is 4.79 Å². The molecule has 1 aromatic heterocycles. The Morgan fingerprint density at radius 2 is 1.21 bits per heavy atom. The number of aromatic nitrogens is 2. The summed E-state index contributed by atoms with van der Waals surface area (Å²) in [6, 6.07) is 8.52. The van der Waals surface area contributed by atoms with Gasteiger partial charge in [0.2, 0.25) is 11.9 Å². The molecule has 0 saturated heterocycles. The molecule has 0 aliphatic carbocycles. The molecule has 0 aliphatic rings. The largest absolute Gasteiger partial charge is 0.394 e. The number of aryl methyl sites for hydroxylation is 1. The molecule has 0 bridgehead atoms. The van der Waals surface area contributed by atoms with Crippen LogP contribution in [0.1, 0.15) is 168 Å². The number of hydrogen-bond acceptors (Lipinski definition) is 7. The maximum atomic E-state index is 12.6. The fraction of sp³-hybridized carbons (Fsp3) is 0.566. The lowest BCUT2D eigenvalue weighted by molar-refractivity contribution is -0.121. The molecule has 1 aromatic carbocycles. The van der Waals surface area contributed by atoms with Crippen LogP contribution in [0.3, 0.4) is 0 Å². The van der Waals surface area contributed by atoms with Gasteiger partial charge in [0.15, 0.2) is 0 Å². The van der Waals surface area contributed by atoms with E-state index in [2.05, 4.69) is 149 Å². The third-order valence-electron chi connectivity index (χ3n) is 11.2. The van der Waals surface area contributed by atoms with Gasteiger partial charge in [0.05, 0.1) is 12.6 Å². The predicted molar refractivity (Wildman–Crippen MR) is 263 cm³/mol. The van der Waals surface area contributed by atoms with Crippen molar-refractivity contribution in [3.63, 3.8) is 0 Å². The number of nitrogens with one attached hydrogen (secondary N) is 2. The summed E-state index contributed by atoms with van der Waals surface area (Å²) in [6.07, 6.45) is 29.3. The van der Waals surface area contributed by atoms with Gasteiger partial charge >= 0.3 is 0 Å². The molecular formula is C53H84N6O2. The molecule has 0 radical (unpaired) electrons. The zero-order chi connectivity index (χ0) is 45.0. The molecule has 5 N–H and O–H groups in total. The van der Waals surface area contributed by atoms with Crippen LogP contribution in [-0.2, 0) is 17.8 Å². The van der Waals surface area contributed by atoms with Crippen molar-refractivity contribution in [2.45, 2.75) is 171 Å². The number of nitrogens with two attached hydrogens (primary N) is 1. The first-order chi connectivity index (χ1) is 29.2. The highest BCUT2D eigenvalue weighted by atomic mass is 16.3. The Morgan fingerprint density at radius 3 is 1.72 bits per heavy atom. The number of amides is 1. The van der Waals surface area contributed by atoms with Crippen molar-refractivity contribution in [2.75, 3.05) is 37.8 Å².